The summed E-state index contributed by atoms with van der Waals surface area (Å²) in [5.41, 5.74) is 0.650. The fraction of sp³-hybridized carbons (Fsp3) is 0.360. The van der Waals surface area contributed by atoms with Gasteiger partial charge in [0.15, 0.2) is 11.3 Å². The zero-order valence-corrected chi connectivity index (χ0v) is 20.3. The molecule has 0 saturated carbocycles. The van der Waals surface area contributed by atoms with Crippen LogP contribution in [-0.2, 0) is 7.05 Å². The molecule has 1 amide bonds. The van der Waals surface area contributed by atoms with Crippen molar-refractivity contribution in [1.82, 2.24) is 24.0 Å². The molecule has 0 N–H and O–H groups in total. The molecule has 36 heavy (non-hydrogen) atoms. The number of piperidine rings is 1. The Hall–Kier alpha value is -4.02. The van der Waals surface area contributed by atoms with Crippen molar-refractivity contribution in [2.75, 3.05) is 27.3 Å². The number of hydrogen-bond acceptors (Lipinski definition) is 6. The molecule has 188 valence electrons. The maximum Gasteiger partial charge on any atom is 0.283 e. The van der Waals surface area contributed by atoms with Crippen LogP contribution in [0.1, 0.15) is 28.9 Å². The number of rotatable bonds is 4. The van der Waals surface area contributed by atoms with Gasteiger partial charge in [0.1, 0.15) is 11.7 Å². The lowest BCUT2D eigenvalue weighted by Gasteiger charge is -2.29. The molecule has 0 spiro atoms. The van der Waals surface area contributed by atoms with Gasteiger partial charge in [-0.1, -0.05) is 0 Å². The molecule has 4 heterocycles. The number of halogens is 2. The standard InChI is InChI=1S/C25H25F2N5O4/c1-13-11-15-17(30(13)2)5-6-18(19(15)27)32-12-16(24(33)31-9-7-14(26)8-10-31)20-21(25(32)34)29-23(36-4)22(28-20)35-3/h5-6,11-12,14H,7-10H2,1-4H3. The van der Waals surface area contributed by atoms with Crippen molar-refractivity contribution in [3.63, 3.8) is 0 Å². The van der Waals surface area contributed by atoms with Gasteiger partial charge in [-0.25, -0.2) is 18.7 Å². The van der Waals surface area contributed by atoms with Crippen molar-refractivity contribution in [2.24, 2.45) is 7.05 Å². The number of amides is 1. The highest BCUT2D eigenvalue weighted by Gasteiger charge is 2.28. The van der Waals surface area contributed by atoms with Crippen molar-refractivity contribution >= 4 is 27.8 Å². The number of fused-ring (bicyclic) bond motifs is 2. The van der Waals surface area contributed by atoms with E-state index in [1.54, 1.807) is 12.1 Å². The monoisotopic (exact) mass is 497 g/mol. The smallest absolute Gasteiger partial charge is 0.283 e. The summed E-state index contributed by atoms with van der Waals surface area (Å²) in [6.45, 7) is 2.28. The highest BCUT2D eigenvalue weighted by Crippen LogP contribution is 2.29. The van der Waals surface area contributed by atoms with Gasteiger partial charge in [0, 0.05) is 37.4 Å². The molecule has 4 aromatic rings. The van der Waals surface area contributed by atoms with Crippen LogP contribution in [0.5, 0.6) is 11.8 Å². The quantitative estimate of drug-likeness (QED) is 0.430. The van der Waals surface area contributed by atoms with Gasteiger partial charge in [0.25, 0.3) is 23.2 Å². The Labute approximate surface area is 204 Å². The van der Waals surface area contributed by atoms with E-state index >= 15 is 4.39 Å². The van der Waals surface area contributed by atoms with Gasteiger partial charge >= 0.3 is 0 Å². The van der Waals surface area contributed by atoms with Crippen LogP contribution >= 0.6 is 0 Å². The number of aromatic nitrogens is 4. The zero-order chi connectivity index (χ0) is 25.7. The Kier molecular flexibility index (Phi) is 5.85. The van der Waals surface area contributed by atoms with Crippen molar-refractivity contribution in [1.29, 1.82) is 0 Å². The number of ether oxygens (including phenoxy) is 2. The number of methoxy groups -OCH3 is 2. The van der Waals surface area contributed by atoms with Crippen molar-refractivity contribution < 1.29 is 23.0 Å². The van der Waals surface area contributed by atoms with E-state index in [1.165, 1.54) is 31.4 Å². The molecule has 11 heteroatoms. The second kappa shape index (κ2) is 8.89. The summed E-state index contributed by atoms with van der Waals surface area (Å²) in [7, 11) is 4.53. The van der Waals surface area contributed by atoms with Gasteiger partial charge in [-0.2, -0.15) is 0 Å². The summed E-state index contributed by atoms with van der Waals surface area (Å²) >= 11 is 0. The number of carbonyl (C=O) groups is 1. The minimum atomic E-state index is -0.973. The SMILES string of the molecule is COc1nc2c(C(=O)N3CCC(F)CC3)cn(-c3ccc4c(cc(C)n4C)c3F)c(=O)c2nc1OC. The van der Waals surface area contributed by atoms with Gasteiger partial charge < -0.3 is 18.9 Å². The number of benzene rings is 1. The first-order valence-electron chi connectivity index (χ1n) is 11.5. The van der Waals surface area contributed by atoms with E-state index < -0.39 is 23.5 Å². The number of aryl methyl sites for hydroxylation is 2. The summed E-state index contributed by atoms with van der Waals surface area (Å²) < 4.78 is 42.8. The molecule has 5 rings (SSSR count). The molecular weight excluding hydrogens is 472 g/mol. The van der Waals surface area contributed by atoms with E-state index in [0.717, 1.165) is 10.3 Å². The number of hydrogen-bond donors (Lipinski definition) is 0. The Morgan fingerprint density at radius 2 is 1.72 bits per heavy atom. The fourth-order valence-corrected chi connectivity index (χ4v) is 4.61. The summed E-state index contributed by atoms with van der Waals surface area (Å²) in [5.74, 6) is -1.13. The summed E-state index contributed by atoms with van der Waals surface area (Å²) in [4.78, 5) is 37.2. The second-order valence-electron chi connectivity index (χ2n) is 8.80. The Morgan fingerprint density at radius 3 is 2.36 bits per heavy atom. The molecule has 1 aliphatic heterocycles. The van der Waals surface area contributed by atoms with Gasteiger partial charge in [0.2, 0.25) is 0 Å². The van der Waals surface area contributed by atoms with Crippen LogP contribution in [0.15, 0.2) is 29.2 Å². The van der Waals surface area contributed by atoms with Crippen LogP contribution in [0.2, 0.25) is 0 Å². The van der Waals surface area contributed by atoms with Gasteiger partial charge in [-0.3, -0.25) is 14.2 Å². The molecule has 1 fully saturated rings. The van der Waals surface area contributed by atoms with Crippen LogP contribution in [0, 0.1) is 12.7 Å². The van der Waals surface area contributed by atoms with Gasteiger partial charge in [-0.15, -0.1) is 0 Å². The average molecular weight is 498 g/mol. The van der Waals surface area contributed by atoms with E-state index in [1.807, 2.05) is 18.5 Å². The zero-order valence-electron chi connectivity index (χ0n) is 20.3. The number of carbonyl (C=O) groups excluding carboxylic acids is 1. The molecule has 0 radical (unpaired) electrons. The molecule has 0 bridgehead atoms. The number of nitrogens with zero attached hydrogens (tertiary/aromatic N) is 5. The molecule has 1 aliphatic rings. The third-order valence-electron chi connectivity index (χ3n) is 6.74. The highest BCUT2D eigenvalue weighted by atomic mass is 19.1. The van der Waals surface area contributed by atoms with E-state index in [0.29, 0.717) is 10.9 Å². The largest absolute Gasteiger partial charge is 0.477 e. The summed E-state index contributed by atoms with van der Waals surface area (Å²) in [6, 6.07) is 4.90. The van der Waals surface area contributed by atoms with Crippen molar-refractivity contribution in [3.05, 3.63) is 51.8 Å². The molecule has 1 aromatic carbocycles. The van der Waals surface area contributed by atoms with E-state index in [9.17, 15) is 14.0 Å². The number of alkyl halides is 1. The molecule has 3 aromatic heterocycles. The molecule has 0 atom stereocenters. The molecule has 1 saturated heterocycles. The summed E-state index contributed by atoms with van der Waals surface area (Å²) in [5, 5.41) is 0.343. The van der Waals surface area contributed by atoms with Gasteiger partial charge in [0.05, 0.1) is 31.0 Å². The third-order valence-corrected chi connectivity index (χ3v) is 6.74. The second-order valence-corrected chi connectivity index (χ2v) is 8.80. The lowest BCUT2D eigenvalue weighted by atomic mass is 10.1. The number of pyridine rings is 1. The minimum absolute atomic E-state index is 0.00156. The molecule has 0 aliphatic carbocycles. The van der Waals surface area contributed by atoms with Crippen LogP contribution < -0.4 is 15.0 Å². The van der Waals surface area contributed by atoms with E-state index in [-0.39, 0.29) is 60.0 Å². The van der Waals surface area contributed by atoms with Gasteiger partial charge in [-0.05, 0) is 38.0 Å². The molecule has 0 unspecified atom stereocenters. The van der Waals surface area contributed by atoms with Crippen molar-refractivity contribution in [3.8, 4) is 17.4 Å². The maximum atomic E-state index is 15.7. The first-order chi connectivity index (χ1) is 17.2. The first-order valence-corrected chi connectivity index (χ1v) is 11.5. The van der Waals surface area contributed by atoms with Crippen LogP contribution in [0.3, 0.4) is 0 Å². The minimum Gasteiger partial charge on any atom is -0.477 e. The fourth-order valence-electron chi connectivity index (χ4n) is 4.61. The normalized spacial score (nSPS) is 14.6. The Bertz CT molecular complexity index is 1570. The highest BCUT2D eigenvalue weighted by molar-refractivity contribution is 6.04. The van der Waals surface area contributed by atoms with Crippen LogP contribution in [0.4, 0.5) is 8.78 Å². The lowest BCUT2D eigenvalue weighted by molar-refractivity contribution is 0.0668. The summed E-state index contributed by atoms with van der Waals surface area (Å²) in [6.07, 6.45) is 0.726. The number of likely N-dealkylation sites (tertiary alicyclic amines) is 1. The predicted octanol–water partition coefficient (Wildman–Crippen LogP) is 3.31. The lowest BCUT2D eigenvalue weighted by Crippen LogP contribution is -2.39. The Morgan fingerprint density at radius 1 is 1.08 bits per heavy atom. The van der Waals surface area contributed by atoms with Crippen LogP contribution in [0.25, 0.3) is 27.6 Å². The Balaban J connectivity index is 1.78. The van der Waals surface area contributed by atoms with E-state index in [2.05, 4.69) is 9.97 Å². The van der Waals surface area contributed by atoms with Crippen molar-refractivity contribution in [2.45, 2.75) is 25.9 Å². The first kappa shape index (κ1) is 23.7. The average Bonchev–Trinajstić information content (AvgIpc) is 3.18. The predicted molar refractivity (Wildman–Crippen MR) is 129 cm³/mol. The topological polar surface area (TPSA) is 91.5 Å². The molecular formula is C25H25F2N5O4. The maximum absolute atomic E-state index is 15.7. The van der Waals surface area contributed by atoms with Crippen LogP contribution in [-0.4, -0.2) is 63.4 Å². The molecule has 9 nitrogen and oxygen atoms in total. The van der Waals surface area contributed by atoms with E-state index in [4.69, 9.17) is 9.47 Å². The third kappa shape index (κ3) is 3.66.